The van der Waals surface area contributed by atoms with Crippen molar-refractivity contribution in [3.05, 3.63) is 64.8 Å². The van der Waals surface area contributed by atoms with Gasteiger partial charge in [0.25, 0.3) is 0 Å². The molecule has 160 valence electrons. The van der Waals surface area contributed by atoms with Crippen LogP contribution in [0, 0.1) is 18.4 Å². The van der Waals surface area contributed by atoms with Gasteiger partial charge in [0.2, 0.25) is 5.70 Å². The molecule has 2 heterocycles. The molecule has 1 saturated heterocycles. The summed E-state index contributed by atoms with van der Waals surface area (Å²) in [7, 11) is -3.09. The Morgan fingerprint density at radius 2 is 1.97 bits per heavy atom. The fourth-order valence-corrected chi connectivity index (χ4v) is 7.61. The molecule has 3 aliphatic rings. The molecule has 4 atom stereocenters. The van der Waals surface area contributed by atoms with Gasteiger partial charge in [0.1, 0.15) is 0 Å². The van der Waals surface area contributed by atoms with Crippen LogP contribution in [0.25, 0.3) is 16.1 Å². The van der Waals surface area contributed by atoms with Crippen molar-refractivity contribution in [3.8, 4) is 11.3 Å². The lowest BCUT2D eigenvalue weighted by molar-refractivity contribution is -0.121. The second-order valence-corrected chi connectivity index (χ2v) is 11.5. The second kappa shape index (κ2) is 6.89. The number of hydrogen-bond acceptors (Lipinski definition) is 4. The van der Waals surface area contributed by atoms with Crippen LogP contribution in [0.4, 0.5) is 0 Å². The Labute approximate surface area is 182 Å². The van der Waals surface area contributed by atoms with Crippen molar-refractivity contribution < 1.29 is 13.2 Å². The van der Waals surface area contributed by atoms with E-state index in [1.54, 1.807) is 0 Å². The number of Topliss-reactive ketones (excluding diaryl/α,β-unsaturated/α-hetero) is 1. The SMILES string of the molecule is [C-]#[N+]C1=C[C@@]2(C)c3c(c(-c4ccccc4)nn3C3CCS(=O)(=O)C3)CC[C@@H]2[C@@H](C)C1=O. The maximum absolute atomic E-state index is 12.7. The molecule has 0 amide bonds. The normalized spacial score (nSPS) is 31.5. The Morgan fingerprint density at radius 1 is 1.23 bits per heavy atom. The summed E-state index contributed by atoms with van der Waals surface area (Å²) in [5, 5.41) is 5.00. The number of aromatic nitrogens is 2. The zero-order valence-electron chi connectivity index (χ0n) is 17.7. The molecule has 1 aliphatic heterocycles. The first-order valence-electron chi connectivity index (χ1n) is 10.8. The molecule has 31 heavy (non-hydrogen) atoms. The number of hydrogen-bond donors (Lipinski definition) is 0. The van der Waals surface area contributed by atoms with E-state index >= 15 is 0 Å². The predicted octanol–water partition coefficient (Wildman–Crippen LogP) is 3.75. The first-order chi connectivity index (χ1) is 14.7. The van der Waals surface area contributed by atoms with Gasteiger partial charge in [-0.05, 0) is 25.2 Å². The third-order valence-corrected chi connectivity index (χ3v) is 9.17. The zero-order chi connectivity index (χ0) is 22.0. The molecule has 1 fully saturated rings. The Hall–Kier alpha value is -2.72. The quantitative estimate of drug-likeness (QED) is 0.674. The van der Waals surface area contributed by atoms with E-state index in [1.807, 2.05) is 48.0 Å². The van der Waals surface area contributed by atoms with Crippen LogP contribution in [-0.4, -0.2) is 35.5 Å². The smallest absolute Gasteiger partial charge is 0.226 e. The lowest BCUT2D eigenvalue weighted by atomic mass is 9.58. The minimum atomic E-state index is -3.09. The molecule has 6 nitrogen and oxygen atoms in total. The van der Waals surface area contributed by atoms with Crippen LogP contribution >= 0.6 is 0 Å². The topological polar surface area (TPSA) is 73.4 Å². The number of benzene rings is 1. The van der Waals surface area contributed by atoms with E-state index in [2.05, 4.69) is 11.8 Å². The van der Waals surface area contributed by atoms with E-state index < -0.39 is 15.3 Å². The highest BCUT2D eigenvalue weighted by atomic mass is 32.2. The van der Waals surface area contributed by atoms with Crippen LogP contribution in [0.5, 0.6) is 0 Å². The van der Waals surface area contributed by atoms with Gasteiger partial charge in [-0.25, -0.2) is 13.3 Å². The second-order valence-electron chi connectivity index (χ2n) is 9.27. The standard InChI is InChI=1S/C24H25N3O3S/c1-15-19-10-9-18-21(16-7-5-4-6-8-16)26-27(17-11-12-31(29,30)14-17)23(18)24(19,2)13-20(25-3)22(15)28/h4-8,13,15,17,19H,9-12,14H2,1-2H3/t15-,17?,19-,24-/m1/s1. The van der Waals surface area contributed by atoms with Crippen molar-refractivity contribution >= 4 is 15.6 Å². The Morgan fingerprint density at radius 3 is 2.61 bits per heavy atom. The number of fused-ring (bicyclic) bond motifs is 3. The maximum atomic E-state index is 12.7. The summed E-state index contributed by atoms with van der Waals surface area (Å²) in [6.45, 7) is 11.6. The fraction of sp³-hybridized carbons (Fsp3) is 0.458. The van der Waals surface area contributed by atoms with Gasteiger partial charge in [-0.1, -0.05) is 50.3 Å². The van der Waals surface area contributed by atoms with Gasteiger partial charge in [0.05, 0.1) is 35.5 Å². The number of carbonyl (C=O) groups excluding carboxylic acids is 1. The molecule has 5 rings (SSSR count). The third-order valence-electron chi connectivity index (χ3n) is 7.42. The molecular formula is C24H25N3O3S. The van der Waals surface area contributed by atoms with E-state index in [1.165, 1.54) is 0 Å². The van der Waals surface area contributed by atoms with Crippen molar-refractivity contribution in [1.82, 2.24) is 9.78 Å². The number of nitrogens with zero attached hydrogens (tertiary/aromatic N) is 3. The molecule has 1 aromatic carbocycles. The van der Waals surface area contributed by atoms with Gasteiger partial charge in [-0.2, -0.15) is 5.10 Å². The van der Waals surface area contributed by atoms with E-state index in [9.17, 15) is 13.2 Å². The first-order valence-corrected chi connectivity index (χ1v) is 12.6. The fourth-order valence-electron chi connectivity index (χ4n) is 5.92. The van der Waals surface area contributed by atoms with Crippen molar-refractivity contribution in [3.63, 3.8) is 0 Å². The average molecular weight is 436 g/mol. The molecule has 2 aromatic rings. The Kier molecular flexibility index (Phi) is 4.49. The van der Waals surface area contributed by atoms with Crippen LogP contribution in [0.1, 0.15) is 44.0 Å². The van der Waals surface area contributed by atoms with Crippen molar-refractivity contribution in [2.75, 3.05) is 11.5 Å². The van der Waals surface area contributed by atoms with Crippen molar-refractivity contribution in [1.29, 1.82) is 0 Å². The number of rotatable bonds is 2. The maximum Gasteiger partial charge on any atom is 0.226 e. The molecule has 0 saturated carbocycles. The summed E-state index contributed by atoms with van der Waals surface area (Å²) >= 11 is 0. The van der Waals surface area contributed by atoms with Gasteiger partial charge in [0, 0.05) is 22.5 Å². The highest BCUT2D eigenvalue weighted by Crippen LogP contribution is 2.52. The zero-order valence-corrected chi connectivity index (χ0v) is 18.5. The Bertz CT molecular complexity index is 1250. The summed E-state index contributed by atoms with van der Waals surface area (Å²) in [4.78, 5) is 16.3. The molecule has 2 aliphatic carbocycles. The third kappa shape index (κ3) is 3.00. The van der Waals surface area contributed by atoms with Gasteiger partial charge in [0.15, 0.2) is 15.6 Å². The molecule has 0 bridgehead atoms. The molecule has 0 N–H and O–H groups in total. The minimum Gasteiger partial charge on any atom is -0.308 e. The number of carbonyl (C=O) groups is 1. The highest BCUT2D eigenvalue weighted by molar-refractivity contribution is 7.91. The number of allylic oxidation sites excluding steroid dienone is 2. The van der Waals surface area contributed by atoms with E-state index in [4.69, 9.17) is 11.7 Å². The van der Waals surface area contributed by atoms with Gasteiger partial charge >= 0.3 is 0 Å². The molecule has 1 aromatic heterocycles. The molecule has 0 radical (unpaired) electrons. The van der Waals surface area contributed by atoms with Crippen LogP contribution in [0.2, 0.25) is 0 Å². The van der Waals surface area contributed by atoms with E-state index in [0.29, 0.717) is 6.42 Å². The van der Waals surface area contributed by atoms with Gasteiger partial charge in [-0.15, -0.1) is 0 Å². The lowest BCUT2D eigenvalue weighted by Crippen LogP contribution is -2.46. The van der Waals surface area contributed by atoms with Crippen molar-refractivity contribution in [2.24, 2.45) is 11.8 Å². The largest absolute Gasteiger partial charge is 0.308 e. The van der Waals surface area contributed by atoms with Gasteiger partial charge < -0.3 is 4.79 Å². The molecular weight excluding hydrogens is 410 g/mol. The van der Waals surface area contributed by atoms with Crippen LogP contribution in [0.3, 0.4) is 0 Å². The number of ketones is 1. The summed E-state index contributed by atoms with van der Waals surface area (Å²) in [6, 6.07) is 9.76. The van der Waals surface area contributed by atoms with Gasteiger partial charge in [-0.3, -0.25) is 4.68 Å². The summed E-state index contributed by atoms with van der Waals surface area (Å²) in [5.74, 6) is -0.00773. The first kappa shape index (κ1) is 20.2. The van der Waals surface area contributed by atoms with E-state index in [0.717, 1.165) is 35.4 Å². The van der Waals surface area contributed by atoms with E-state index in [-0.39, 0.29) is 40.9 Å². The molecule has 0 spiro atoms. The van der Waals surface area contributed by atoms with Crippen LogP contribution in [0.15, 0.2) is 42.1 Å². The van der Waals surface area contributed by atoms with Crippen LogP contribution in [-0.2, 0) is 26.5 Å². The van der Waals surface area contributed by atoms with Crippen LogP contribution < -0.4 is 0 Å². The molecule has 7 heteroatoms. The summed E-state index contributed by atoms with van der Waals surface area (Å²) in [6.07, 6.45) is 4.01. The van der Waals surface area contributed by atoms with Crippen molar-refractivity contribution in [2.45, 2.75) is 44.6 Å². The highest BCUT2D eigenvalue weighted by Gasteiger charge is 2.51. The lowest BCUT2D eigenvalue weighted by Gasteiger charge is -2.46. The number of sulfone groups is 1. The average Bonchev–Trinajstić information content (AvgIpc) is 3.32. The summed E-state index contributed by atoms with van der Waals surface area (Å²) < 4.78 is 26.5. The predicted molar refractivity (Wildman–Crippen MR) is 118 cm³/mol. The monoisotopic (exact) mass is 435 g/mol. The molecule has 1 unspecified atom stereocenters. The minimum absolute atomic E-state index is 0.0649. The summed E-state index contributed by atoms with van der Waals surface area (Å²) in [5.41, 5.74) is 3.66. The Balaban J connectivity index is 1.77.